The highest BCUT2D eigenvalue weighted by atomic mass is 16.4. The van der Waals surface area contributed by atoms with Gasteiger partial charge in [-0.3, -0.25) is 9.59 Å². The van der Waals surface area contributed by atoms with Crippen molar-refractivity contribution in [3.05, 3.63) is 29.8 Å². The molecule has 0 fully saturated rings. The SMILES string of the molecule is O=C(O)CCNC1C(=O)Nc2ccccc21. The molecule has 2 rings (SSSR count). The Kier molecular flexibility index (Phi) is 2.87. The molecule has 0 radical (unpaired) electrons. The average Bonchev–Trinajstić information content (AvgIpc) is 2.55. The molecule has 1 aliphatic heterocycles. The number of carbonyl (C=O) groups is 2. The quantitative estimate of drug-likeness (QED) is 0.699. The van der Waals surface area contributed by atoms with E-state index in [9.17, 15) is 9.59 Å². The Balaban J connectivity index is 2.05. The number of carboxylic acid groups (broad SMARTS) is 1. The van der Waals surface area contributed by atoms with Crippen molar-refractivity contribution in [1.29, 1.82) is 0 Å². The minimum Gasteiger partial charge on any atom is -0.481 e. The summed E-state index contributed by atoms with van der Waals surface area (Å²) in [4.78, 5) is 21.9. The monoisotopic (exact) mass is 220 g/mol. The number of anilines is 1. The van der Waals surface area contributed by atoms with Crippen molar-refractivity contribution in [2.24, 2.45) is 0 Å². The minimum absolute atomic E-state index is 0.00590. The third-order valence-electron chi connectivity index (χ3n) is 2.48. The van der Waals surface area contributed by atoms with Gasteiger partial charge in [-0.15, -0.1) is 0 Å². The molecule has 0 saturated carbocycles. The first-order chi connectivity index (χ1) is 7.68. The van der Waals surface area contributed by atoms with Crippen LogP contribution in [0.2, 0.25) is 0 Å². The van der Waals surface area contributed by atoms with Gasteiger partial charge in [0, 0.05) is 17.8 Å². The maximum atomic E-state index is 11.6. The summed E-state index contributed by atoms with van der Waals surface area (Å²) >= 11 is 0. The van der Waals surface area contributed by atoms with Gasteiger partial charge in [-0.05, 0) is 6.07 Å². The standard InChI is InChI=1S/C11H12N2O3/c14-9(15)5-6-12-10-7-3-1-2-4-8(7)13-11(10)16/h1-4,10,12H,5-6H2,(H,13,16)(H,14,15). The third kappa shape index (κ3) is 2.04. The van der Waals surface area contributed by atoms with Crippen molar-refractivity contribution in [2.45, 2.75) is 12.5 Å². The summed E-state index contributed by atoms with van der Waals surface area (Å²) < 4.78 is 0. The lowest BCUT2D eigenvalue weighted by Crippen LogP contribution is -2.29. The highest BCUT2D eigenvalue weighted by Gasteiger charge is 2.29. The molecular weight excluding hydrogens is 208 g/mol. The molecule has 0 bridgehead atoms. The molecule has 1 aromatic carbocycles. The lowest BCUT2D eigenvalue weighted by atomic mass is 10.1. The van der Waals surface area contributed by atoms with E-state index in [-0.39, 0.29) is 18.9 Å². The third-order valence-corrected chi connectivity index (χ3v) is 2.48. The number of hydrogen-bond donors (Lipinski definition) is 3. The number of benzene rings is 1. The number of rotatable bonds is 4. The van der Waals surface area contributed by atoms with Crippen molar-refractivity contribution in [3.63, 3.8) is 0 Å². The van der Waals surface area contributed by atoms with Crippen LogP contribution < -0.4 is 10.6 Å². The molecule has 0 spiro atoms. The van der Waals surface area contributed by atoms with Crippen LogP contribution in [0.1, 0.15) is 18.0 Å². The van der Waals surface area contributed by atoms with Gasteiger partial charge in [0.1, 0.15) is 6.04 Å². The first-order valence-corrected chi connectivity index (χ1v) is 5.03. The summed E-state index contributed by atoms with van der Waals surface area (Å²) in [5.74, 6) is -1.01. The fraction of sp³-hybridized carbons (Fsp3) is 0.273. The summed E-state index contributed by atoms with van der Waals surface area (Å²) in [6.07, 6.45) is 0.00590. The summed E-state index contributed by atoms with van der Waals surface area (Å²) in [5.41, 5.74) is 1.67. The zero-order valence-corrected chi connectivity index (χ0v) is 8.56. The molecular formula is C11H12N2O3. The van der Waals surface area contributed by atoms with Gasteiger partial charge in [-0.1, -0.05) is 18.2 Å². The number of hydrogen-bond acceptors (Lipinski definition) is 3. The Hall–Kier alpha value is -1.88. The van der Waals surface area contributed by atoms with Gasteiger partial charge in [0.15, 0.2) is 0 Å². The van der Waals surface area contributed by atoms with Gasteiger partial charge in [0.05, 0.1) is 6.42 Å². The lowest BCUT2D eigenvalue weighted by molar-refractivity contribution is -0.137. The predicted molar refractivity (Wildman–Crippen MR) is 58.1 cm³/mol. The maximum absolute atomic E-state index is 11.6. The Morgan fingerprint density at radius 1 is 1.44 bits per heavy atom. The zero-order valence-electron chi connectivity index (χ0n) is 8.56. The number of carbonyl (C=O) groups excluding carboxylic acids is 1. The largest absolute Gasteiger partial charge is 0.481 e. The van der Waals surface area contributed by atoms with Gasteiger partial charge in [-0.2, -0.15) is 0 Å². The molecule has 3 N–H and O–H groups in total. The second kappa shape index (κ2) is 4.32. The minimum atomic E-state index is -0.876. The lowest BCUT2D eigenvalue weighted by Gasteiger charge is -2.09. The van der Waals surface area contributed by atoms with Crippen LogP contribution in [0.5, 0.6) is 0 Å². The van der Waals surface area contributed by atoms with E-state index in [0.29, 0.717) is 0 Å². The summed E-state index contributed by atoms with van der Waals surface area (Å²) in [7, 11) is 0. The van der Waals surface area contributed by atoms with Gasteiger partial charge in [0.2, 0.25) is 5.91 Å². The molecule has 1 aliphatic rings. The highest BCUT2D eigenvalue weighted by molar-refractivity contribution is 6.02. The fourth-order valence-electron chi connectivity index (χ4n) is 1.73. The van der Waals surface area contributed by atoms with E-state index in [0.717, 1.165) is 11.3 Å². The Morgan fingerprint density at radius 3 is 2.94 bits per heavy atom. The van der Waals surface area contributed by atoms with Crippen molar-refractivity contribution >= 4 is 17.6 Å². The van der Waals surface area contributed by atoms with Crippen LogP contribution in [-0.4, -0.2) is 23.5 Å². The molecule has 84 valence electrons. The average molecular weight is 220 g/mol. The second-order valence-corrected chi connectivity index (χ2v) is 3.61. The molecule has 1 heterocycles. The predicted octanol–water partition coefficient (Wildman–Crippen LogP) is 0.744. The van der Waals surface area contributed by atoms with E-state index in [1.165, 1.54) is 0 Å². The van der Waals surface area contributed by atoms with Gasteiger partial charge in [-0.25, -0.2) is 0 Å². The molecule has 0 aliphatic carbocycles. The number of aliphatic carboxylic acids is 1. The topological polar surface area (TPSA) is 78.4 Å². The molecule has 5 heteroatoms. The summed E-state index contributed by atoms with van der Waals surface area (Å²) in [6.45, 7) is 0.280. The molecule has 1 atom stereocenters. The molecule has 1 aromatic rings. The second-order valence-electron chi connectivity index (χ2n) is 3.61. The first kappa shape index (κ1) is 10.6. The number of para-hydroxylation sites is 1. The molecule has 1 amide bonds. The Morgan fingerprint density at radius 2 is 2.19 bits per heavy atom. The number of carboxylic acids is 1. The van der Waals surface area contributed by atoms with Gasteiger partial charge in [0.25, 0.3) is 0 Å². The molecule has 1 unspecified atom stereocenters. The van der Waals surface area contributed by atoms with E-state index in [2.05, 4.69) is 10.6 Å². The van der Waals surface area contributed by atoms with E-state index in [1.54, 1.807) is 0 Å². The first-order valence-electron chi connectivity index (χ1n) is 5.03. The van der Waals surface area contributed by atoms with E-state index >= 15 is 0 Å². The van der Waals surface area contributed by atoms with Crippen LogP contribution in [0.25, 0.3) is 0 Å². The molecule has 0 saturated heterocycles. The van der Waals surface area contributed by atoms with Crippen LogP contribution in [0.4, 0.5) is 5.69 Å². The Bertz CT molecular complexity index is 431. The number of nitrogens with one attached hydrogen (secondary N) is 2. The summed E-state index contributed by atoms with van der Waals surface area (Å²) in [5, 5.41) is 14.2. The van der Waals surface area contributed by atoms with Crippen LogP contribution >= 0.6 is 0 Å². The van der Waals surface area contributed by atoms with E-state index in [4.69, 9.17) is 5.11 Å². The highest BCUT2D eigenvalue weighted by Crippen LogP contribution is 2.29. The van der Waals surface area contributed by atoms with Crippen LogP contribution in [-0.2, 0) is 9.59 Å². The van der Waals surface area contributed by atoms with Crippen LogP contribution in [0.15, 0.2) is 24.3 Å². The van der Waals surface area contributed by atoms with Crippen molar-refractivity contribution in [1.82, 2.24) is 5.32 Å². The van der Waals surface area contributed by atoms with Crippen LogP contribution in [0, 0.1) is 0 Å². The smallest absolute Gasteiger partial charge is 0.304 e. The van der Waals surface area contributed by atoms with Crippen molar-refractivity contribution < 1.29 is 14.7 Å². The van der Waals surface area contributed by atoms with E-state index in [1.807, 2.05) is 24.3 Å². The van der Waals surface area contributed by atoms with Crippen molar-refractivity contribution in [3.8, 4) is 0 Å². The fourth-order valence-corrected chi connectivity index (χ4v) is 1.73. The number of fused-ring (bicyclic) bond motifs is 1. The van der Waals surface area contributed by atoms with Gasteiger partial charge < -0.3 is 15.7 Å². The van der Waals surface area contributed by atoms with Crippen molar-refractivity contribution in [2.75, 3.05) is 11.9 Å². The summed E-state index contributed by atoms with van der Waals surface area (Å²) in [6, 6.07) is 6.94. The maximum Gasteiger partial charge on any atom is 0.304 e. The molecule has 16 heavy (non-hydrogen) atoms. The van der Waals surface area contributed by atoms with Gasteiger partial charge >= 0.3 is 5.97 Å². The Labute approximate surface area is 92.5 Å². The zero-order chi connectivity index (χ0) is 11.5. The molecule has 0 aromatic heterocycles. The van der Waals surface area contributed by atoms with Crippen LogP contribution in [0.3, 0.4) is 0 Å². The normalized spacial score (nSPS) is 18.0. The number of amides is 1. The van der Waals surface area contributed by atoms with E-state index < -0.39 is 12.0 Å². The molecule has 5 nitrogen and oxygen atoms in total.